The number of aliphatic hydroxyl groups is 3. The predicted octanol–water partition coefficient (Wildman–Crippen LogP) is 3.10. The van der Waals surface area contributed by atoms with Crippen LogP contribution in [0, 0.1) is 0 Å². The first-order valence-corrected chi connectivity index (χ1v) is 6.02. The molecule has 3 N–H and O–H groups in total. The largest absolute Gasteiger partial charge is 0.512 e. The van der Waals surface area contributed by atoms with Crippen LogP contribution in [0.2, 0.25) is 0 Å². The molecule has 0 amide bonds. The number of carbonyl (C=O) groups excluding carboxylic acids is 3. The van der Waals surface area contributed by atoms with Crippen molar-refractivity contribution in [2.75, 3.05) is 0 Å². The summed E-state index contributed by atoms with van der Waals surface area (Å²) in [7, 11) is 0. The maximum atomic E-state index is 10.0. The first kappa shape index (κ1) is 38.6. The molecule has 0 aliphatic carbocycles. The third-order valence-corrected chi connectivity index (χ3v) is 1.24. The van der Waals surface area contributed by atoms with Gasteiger partial charge in [-0.2, -0.15) is 0 Å². The summed E-state index contributed by atoms with van der Waals surface area (Å²) in [4.78, 5) is 30.1. The van der Waals surface area contributed by atoms with E-state index in [1.54, 1.807) is 0 Å². The molecule has 9 heteroatoms. The molecule has 0 fully saturated rings. The van der Waals surface area contributed by atoms with Crippen LogP contribution >= 0.6 is 0 Å². The molecular formula is C15H24Mn3O6. The van der Waals surface area contributed by atoms with Gasteiger partial charge in [-0.1, -0.05) is 0 Å². The molecule has 0 aromatic heterocycles. The maximum Gasteiger partial charge on any atom is 0.155 e. The summed E-state index contributed by atoms with van der Waals surface area (Å²) in [5.41, 5.74) is 0. The van der Waals surface area contributed by atoms with Gasteiger partial charge in [-0.25, -0.2) is 0 Å². The van der Waals surface area contributed by atoms with Gasteiger partial charge < -0.3 is 15.3 Å². The summed E-state index contributed by atoms with van der Waals surface area (Å²) in [5, 5.41) is 25.1. The van der Waals surface area contributed by atoms with Crippen molar-refractivity contribution in [3.8, 4) is 0 Å². The van der Waals surface area contributed by atoms with Gasteiger partial charge >= 0.3 is 0 Å². The molecule has 0 aromatic carbocycles. The average molecular weight is 465 g/mol. The van der Waals surface area contributed by atoms with E-state index in [4.69, 9.17) is 15.3 Å². The van der Waals surface area contributed by atoms with Gasteiger partial charge in [0.05, 0.1) is 17.3 Å². The topological polar surface area (TPSA) is 112 Å². The van der Waals surface area contributed by atoms with Crippen molar-refractivity contribution in [1.82, 2.24) is 0 Å². The number of allylic oxidation sites excluding steroid dienone is 6. The summed E-state index contributed by atoms with van der Waals surface area (Å²) in [6.45, 7) is 8.54. The Morgan fingerprint density at radius 1 is 0.500 bits per heavy atom. The van der Waals surface area contributed by atoms with Crippen LogP contribution in [0.1, 0.15) is 41.5 Å². The molecule has 0 heterocycles. The zero-order valence-corrected chi connectivity index (χ0v) is 18.0. The molecule has 0 aromatic rings. The predicted molar refractivity (Wildman–Crippen MR) is 81.2 cm³/mol. The van der Waals surface area contributed by atoms with Crippen LogP contribution in [0.25, 0.3) is 0 Å². The minimum atomic E-state index is -0.125. The number of hydrogen-bond acceptors (Lipinski definition) is 6. The smallest absolute Gasteiger partial charge is 0.155 e. The summed E-state index contributed by atoms with van der Waals surface area (Å²) < 4.78 is 0. The molecule has 0 unspecified atom stereocenters. The van der Waals surface area contributed by atoms with Gasteiger partial charge in [0.1, 0.15) is 0 Å². The van der Waals surface area contributed by atoms with Crippen molar-refractivity contribution in [3.63, 3.8) is 0 Å². The first-order valence-electron chi connectivity index (χ1n) is 6.02. The zero-order valence-electron chi connectivity index (χ0n) is 14.4. The van der Waals surface area contributed by atoms with Gasteiger partial charge in [0.25, 0.3) is 0 Å². The Bertz CT molecular complexity index is 376. The first-order chi connectivity index (χ1) is 9.38. The normalized spacial score (nSPS) is 10.0. The maximum absolute atomic E-state index is 10.0. The van der Waals surface area contributed by atoms with E-state index in [-0.39, 0.29) is 85.8 Å². The van der Waals surface area contributed by atoms with Gasteiger partial charge in [0.15, 0.2) is 17.3 Å². The van der Waals surface area contributed by atoms with E-state index in [0.29, 0.717) is 0 Å². The average Bonchev–Trinajstić information content (AvgIpc) is 2.10. The molecule has 0 saturated heterocycles. The van der Waals surface area contributed by atoms with Crippen molar-refractivity contribution in [2.24, 2.45) is 0 Å². The number of hydrogen-bond donors (Lipinski definition) is 3. The standard InChI is InChI=1S/3C5H8O2.3Mn/c3*1-4(6)3-5(2)7;;;/h3*3,6H,1-2H3;;;/b3*4-3-;;;. The Morgan fingerprint density at radius 3 is 0.625 bits per heavy atom. The SMILES string of the molecule is CC(=O)/C=C(/C)O.CC(=O)/C=C(/C)O.CC(=O)/C=C(/C)O.[Mn].[Mn].[Mn]. The molecule has 141 valence electrons. The second kappa shape index (κ2) is 24.4. The molecule has 0 saturated carbocycles. The number of carbonyl (C=O) groups is 3. The third-order valence-electron chi connectivity index (χ3n) is 1.24. The molecule has 24 heavy (non-hydrogen) atoms. The Balaban J connectivity index is -0.0000000476. The van der Waals surface area contributed by atoms with E-state index < -0.39 is 0 Å². The van der Waals surface area contributed by atoms with Crippen molar-refractivity contribution in [1.29, 1.82) is 0 Å². The molecule has 0 aliphatic rings. The molecule has 3 radical (unpaired) electrons. The fourth-order valence-corrected chi connectivity index (χ4v) is 0.882. The molecule has 0 aliphatic heterocycles. The van der Waals surface area contributed by atoms with E-state index in [1.807, 2.05) is 0 Å². The summed E-state index contributed by atoms with van der Waals surface area (Å²) >= 11 is 0. The second-order valence-corrected chi connectivity index (χ2v) is 4.19. The van der Waals surface area contributed by atoms with Gasteiger partial charge in [-0.05, 0) is 41.5 Å². The molecule has 0 bridgehead atoms. The van der Waals surface area contributed by atoms with E-state index in [2.05, 4.69) is 0 Å². The monoisotopic (exact) mass is 465 g/mol. The minimum absolute atomic E-state index is 0. The van der Waals surface area contributed by atoms with Crippen LogP contribution < -0.4 is 0 Å². The van der Waals surface area contributed by atoms with Crippen LogP contribution in [0.15, 0.2) is 35.5 Å². The van der Waals surface area contributed by atoms with Gasteiger partial charge in [-0.3, -0.25) is 14.4 Å². The fraction of sp³-hybridized carbons (Fsp3) is 0.400. The Kier molecular flexibility index (Phi) is 39.4. The van der Waals surface area contributed by atoms with E-state index in [0.717, 1.165) is 0 Å². The summed E-state index contributed by atoms with van der Waals surface area (Å²) in [5.74, 6) is -0.187. The second-order valence-electron chi connectivity index (χ2n) is 4.19. The zero-order chi connectivity index (χ0) is 17.6. The van der Waals surface area contributed by atoms with Crippen LogP contribution in [0.5, 0.6) is 0 Å². The van der Waals surface area contributed by atoms with Crippen molar-refractivity contribution < 1.29 is 80.9 Å². The van der Waals surface area contributed by atoms with Crippen LogP contribution in [0.4, 0.5) is 0 Å². The van der Waals surface area contributed by atoms with E-state index in [9.17, 15) is 14.4 Å². The van der Waals surface area contributed by atoms with Crippen molar-refractivity contribution >= 4 is 17.3 Å². The molecule has 0 spiro atoms. The van der Waals surface area contributed by atoms with Gasteiger partial charge in [0, 0.05) is 69.4 Å². The number of aliphatic hydroxyl groups excluding tert-OH is 3. The fourth-order valence-electron chi connectivity index (χ4n) is 0.882. The quantitative estimate of drug-likeness (QED) is 0.336. The van der Waals surface area contributed by atoms with Crippen LogP contribution in [-0.4, -0.2) is 32.7 Å². The van der Waals surface area contributed by atoms with Gasteiger partial charge in [-0.15, -0.1) is 0 Å². The van der Waals surface area contributed by atoms with E-state index in [1.165, 1.54) is 59.8 Å². The molecule has 0 rings (SSSR count). The summed E-state index contributed by atoms with van der Waals surface area (Å²) in [6, 6.07) is 0. The van der Waals surface area contributed by atoms with E-state index >= 15 is 0 Å². The Morgan fingerprint density at radius 2 is 0.625 bits per heavy atom. The van der Waals surface area contributed by atoms with Crippen LogP contribution in [-0.2, 0) is 65.6 Å². The number of ketones is 3. The number of rotatable bonds is 3. The molecule has 6 nitrogen and oxygen atoms in total. The van der Waals surface area contributed by atoms with Crippen LogP contribution in [0.3, 0.4) is 0 Å². The minimum Gasteiger partial charge on any atom is -0.512 e. The third kappa shape index (κ3) is 69.0. The van der Waals surface area contributed by atoms with Crippen molar-refractivity contribution in [3.05, 3.63) is 35.5 Å². The molecular weight excluding hydrogens is 441 g/mol. The summed E-state index contributed by atoms with van der Waals surface area (Å²) in [6.07, 6.45) is 3.50. The van der Waals surface area contributed by atoms with Crippen molar-refractivity contribution in [2.45, 2.75) is 41.5 Å². The molecule has 0 atom stereocenters. The Labute approximate surface area is 174 Å². The van der Waals surface area contributed by atoms with Gasteiger partial charge in [0.2, 0.25) is 0 Å². The Hall–Kier alpha value is -0.812.